The summed E-state index contributed by atoms with van der Waals surface area (Å²) in [5, 5.41) is 0.633. The minimum atomic E-state index is -0.980. The van der Waals surface area contributed by atoms with E-state index < -0.39 is 18.1 Å². The van der Waals surface area contributed by atoms with Crippen molar-refractivity contribution in [3.05, 3.63) is 34.9 Å². The van der Waals surface area contributed by atoms with Gasteiger partial charge >= 0.3 is 0 Å². The van der Waals surface area contributed by atoms with Crippen molar-refractivity contribution in [2.75, 3.05) is 6.54 Å². The Kier molecular flexibility index (Phi) is 3.64. The van der Waals surface area contributed by atoms with Crippen molar-refractivity contribution in [3.8, 4) is 0 Å². The van der Waals surface area contributed by atoms with Gasteiger partial charge in [-0.25, -0.2) is 4.39 Å². The Balaban J connectivity index is 2.09. The fraction of sp³-hybridized carbons (Fsp3) is 0.417. The maximum absolute atomic E-state index is 13.3. The van der Waals surface area contributed by atoms with Crippen molar-refractivity contribution in [2.24, 2.45) is 5.73 Å². The summed E-state index contributed by atoms with van der Waals surface area (Å²) in [6.07, 6.45) is -0.790. The molecule has 0 aliphatic carbocycles. The third kappa shape index (κ3) is 2.96. The molecule has 92 valence electrons. The smallest absolute Gasteiger partial charge is 0.234 e. The van der Waals surface area contributed by atoms with E-state index in [9.17, 15) is 9.18 Å². The third-order valence-electron chi connectivity index (χ3n) is 2.96. The fourth-order valence-corrected chi connectivity index (χ4v) is 2.40. The van der Waals surface area contributed by atoms with E-state index >= 15 is 0 Å². The number of nitrogens with zero attached hydrogens (tertiary/aromatic N) is 1. The van der Waals surface area contributed by atoms with E-state index in [-0.39, 0.29) is 13.0 Å². The molecule has 0 spiro atoms. The van der Waals surface area contributed by atoms with Gasteiger partial charge in [-0.15, -0.1) is 0 Å². The van der Waals surface area contributed by atoms with Gasteiger partial charge in [0.25, 0.3) is 0 Å². The first kappa shape index (κ1) is 12.3. The molecule has 0 radical (unpaired) electrons. The van der Waals surface area contributed by atoms with Gasteiger partial charge in [-0.2, -0.15) is 0 Å². The van der Waals surface area contributed by atoms with E-state index in [1.165, 1.54) is 0 Å². The number of hydrogen-bond donors (Lipinski definition) is 1. The highest BCUT2D eigenvalue weighted by Crippen LogP contribution is 2.23. The summed E-state index contributed by atoms with van der Waals surface area (Å²) in [4.78, 5) is 13.0. The van der Waals surface area contributed by atoms with Crippen molar-refractivity contribution in [1.82, 2.24) is 4.90 Å². The van der Waals surface area contributed by atoms with Gasteiger partial charge in [0.2, 0.25) is 5.91 Å². The monoisotopic (exact) mass is 256 g/mol. The molecular formula is C12H14ClFN2O. The first-order valence-electron chi connectivity index (χ1n) is 5.48. The SMILES string of the molecule is NC(=O)[C@@H]1C[C@@H](F)CN1Cc1cccc(Cl)c1. The predicted molar refractivity (Wildman–Crippen MR) is 64.4 cm³/mol. The minimum Gasteiger partial charge on any atom is -0.368 e. The molecule has 17 heavy (non-hydrogen) atoms. The summed E-state index contributed by atoms with van der Waals surface area (Å²) < 4.78 is 13.3. The molecule has 1 aliphatic rings. The third-order valence-corrected chi connectivity index (χ3v) is 3.19. The average molecular weight is 257 g/mol. The highest BCUT2D eigenvalue weighted by molar-refractivity contribution is 6.30. The van der Waals surface area contributed by atoms with E-state index in [0.717, 1.165) is 5.56 Å². The van der Waals surface area contributed by atoms with Crippen LogP contribution in [0.1, 0.15) is 12.0 Å². The average Bonchev–Trinajstić information content (AvgIpc) is 2.59. The number of rotatable bonds is 3. The van der Waals surface area contributed by atoms with Crippen LogP contribution in [0, 0.1) is 0 Å². The molecule has 1 aromatic rings. The van der Waals surface area contributed by atoms with Crippen molar-refractivity contribution in [2.45, 2.75) is 25.2 Å². The number of benzene rings is 1. The molecule has 0 saturated carbocycles. The standard InChI is InChI=1S/C12H14ClFN2O/c13-9-3-1-2-8(4-9)6-16-7-10(14)5-11(16)12(15)17/h1-4,10-11H,5-7H2,(H2,15,17)/t10-,11+/m1/s1. The molecule has 1 aliphatic heterocycles. The molecule has 1 saturated heterocycles. The molecule has 5 heteroatoms. The van der Waals surface area contributed by atoms with Crippen LogP contribution in [-0.4, -0.2) is 29.6 Å². The number of alkyl halides is 1. The molecule has 0 unspecified atom stereocenters. The van der Waals surface area contributed by atoms with Crippen LogP contribution in [0.25, 0.3) is 0 Å². The lowest BCUT2D eigenvalue weighted by Crippen LogP contribution is -2.39. The molecule has 0 bridgehead atoms. The molecule has 2 rings (SSSR count). The Morgan fingerprint density at radius 3 is 3.00 bits per heavy atom. The van der Waals surface area contributed by atoms with E-state index in [4.69, 9.17) is 17.3 Å². The molecule has 2 N–H and O–H groups in total. The zero-order chi connectivity index (χ0) is 12.4. The molecule has 3 nitrogen and oxygen atoms in total. The normalized spacial score (nSPS) is 25.1. The molecular weight excluding hydrogens is 243 g/mol. The van der Waals surface area contributed by atoms with Crippen LogP contribution in [0.4, 0.5) is 4.39 Å². The number of likely N-dealkylation sites (tertiary alicyclic amines) is 1. The topological polar surface area (TPSA) is 46.3 Å². The number of carbonyl (C=O) groups excluding carboxylic acids is 1. The van der Waals surface area contributed by atoms with Crippen molar-refractivity contribution >= 4 is 17.5 Å². The Hall–Kier alpha value is -1.13. The fourth-order valence-electron chi connectivity index (χ4n) is 2.19. The van der Waals surface area contributed by atoms with Gasteiger partial charge in [0.05, 0.1) is 6.04 Å². The minimum absolute atomic E-state index is 0.190. The number of amides is 1. The van der Waals surface area contributed by atoms with Crippen molar-refractivity contribution in [3.63, 3.8) is 0 Å². The maximum atomic E-state index is 13.3. The van der Waals surface area contributed by atoms with Crippen LogP contribution in [0.2, 0.25) is 5.02 Å². The van der Waals surface area contributed by atoms with Gasteiger partial charge in [0, 0.05) is 24.5 Å². The first-order chi connectivity index (χ1) is 8.06. The Morgan fingerprint density at radius 2 is 2.35 bits per heavy atom. The number of halogens is 2. The van der Waals surface area contributed by atoms with Gasteiger partial charge in [-0.1, -0.05) is 23.7 Å². The lowest BCUT2D eigenvalue weighted by atomic mass is 10.1. The van der Waals surface area contributed by atoms with Gasteiger partial charge in [0.1, 0.15) is 6.17 Å². The van der Waals surface area contributed by atoms with Crippen molar-refractivity contribution in [1.29, 1.82) is 0 Å². The largest absolute Gasteiger partial charge is 0.368 e. The number of primary amides is 1. The second-order valence-corrected chi connectivity index (χ2v) is 4.75. The zero-order valence-corrected chi connectivity index (χ0v) is 10.0. The summed E-state index contributed by atoms with van der Waals surface area (Å²) in [5.41, 5.74) is 6.22. The Morgan fingerprint density at radius 1 is 1.59 bits per heavy atom. The van der Waals surface area contributed by atoms with E-state index in [1.54, 1.807) is 11.0 Å². The molecule has 0 aromatic heterocycles. The lowest BCUT2D eigenvalue weighted by Gasteiger charge is -2.21. The number of hydrogen-bond acceptors (Lipinski definition) is 2. The second kappa shape index (κ2) is 5.02. The van der Waals surface area contributed by atoms with Gasteiger partial charge in [-0.3, -0.25) is 9.69 Å². The van der Waals surface area contributed by atoms with Crippen LogP contribution in [0.15, 0.2) is 24.3 Å². The Bertz CT molecular complexity index is 427. The summed E-state index contributed by atoms with van der Waals surface area (Å²) in [7, 11) is 0. The summed E-state index contributed by atoms with van der Waals surface area (Å²) in [6, 6.07) is 6.81. The summed E-state index contributed by atoms with van der Waals surface area (Å²) in [6.45, 7) is 0.745. The van der Waals surface area contributed by atoms with Crippen molar-refractivity contribution < 1.29 is 9.18 Å². The second-order valence-electron chi connectivity index (χ2n) is 4.31. The quantitative estimate of drug-likeness (QED) is 0.895. The summed E-state index contributed by atoms with van der Waals surface area (Å²) in [5.74, 6) is -0.466. The molecule has 1 amide bonds. The van der Waals surface area contributed by atoms with Gasteiger partial charge in [-0.05, 0) is 17.7 Å². The summed E-state index contributed by atoms with van der Waals surface area (Å²) >= 11 is 5.87. The number of nitrogens with two attached hydrogens (primary N) is 1. The zero-order valence-electron chi connectivity index (χ0n) is 9.27. The van der Waals surface area contributed by atoms with Crippen LogP contribution >= 0.6 is 11.6 Å². The number of carbonyl (C=O) groups is 1. The van der Waals surface area contributed by atoms with Crippen LogP contribution < -0.4 is 5.73 Å². The molecule has 1 fully saturated rings. The molecule has 1 heterocycles. The van der Waals surface area contributed by atoms with Crippen LogP contribution in [0.5, 0.6) is 0 Å². The van der Waals surface area contributed by atoms with Gasteiger partial charge in [0.15, 0.2) is 0 Å². The van der Waals surface area contributed by atoms with Crippen LogP contribution in [-0.2, 0) is 11.3 Å². The highest BCUT2D eigenvalue weighted by atomic mass is 35.5. The van der Waals surface area contributed by atoms with E-state index in [2.05, 4.69) is 0 Å². The van der Waals surface area contributed by atoms with E-state index in [0.29, 0.717) is 11.6 Å². The van der Waals surface area contributed by atoms with E-state index in [1.807, 2.05) is 18.2 Å². The van der Waals surface area contributed by atoms with Crippen LogP contribution in [0.3, 0.4) is 0 Å². The molecule has 2 atom stereocenters. The Labute approximate surface area is 104 Å². The molecule has 1 aromatic carbocycles. The van der Waals surface area contributed by atoms with Gasteiger partial charge < -0.3 is 5.73 Å². The first-order valence-corrected chi connectivity index (χ1v) is 5.86. The lowest BCUT2D eigenvalue weighted by molar-refractivity contribution is -0.122. The predicted octanol–water partition coefficient (Wildman–Crippen LogP) is 1.74. The highest BCUT2D eigenvalue weighted by Gasteiger charge is 2.35. The maximum Gasteiger partial charge on any atom is 0.234 e.